The van der Waals surface area contributed by atoms with Crippen LogP contribution in [0.25, 0.3) is 0 Å². The van der Waals surface area contributed by atoms with Crippen LogP contribution in [-0.2, 0) is 4.79 Å². The molecule has 2 aliphatic carbocycles. The van der Waals surface area contributed by atoms with Gasteiger partial charge in [0.05, 0.1) is 0 Å². The van der Waals surface area contributed by atoms with Gasteiger partial charge in [-0.05, 0) is 30.6 Å². The normalized spacial score (nSPS) is 41.9. The van der Waals surface area contributed by atoms with Crippen LogP contribution in [0.4, 0.5) is 0 Å². The van der Waals surface area contributed by atoms with Crippen molar-refractivity contribution in [2.24, 2.45) is 11.3 Å². The lowest BCUT2D eigenvalue weighted by atomic mass is 9.85. The van der Waals surface area contributed by atoms with E-state index < -0.39 is 0 Å². The largest absolute Gasteiger partial charge is 0.396 e. The summed E-state index contributed by atoms with van der Waals surface area (Å²) in [5, 5.41) is 8.79. The van der Waals surface area contributed by atoms with Crippen LogP contribution in [0.15, 0.2) is 0 Å². The van der Waals surface area contributed by atoms with E-state index in [4.69, 9.17) is 5.11 Å². The molecular weight excluding hydrogens is 140 g/mol. The number of aliphatic hydroxyl groups is 1. The first-order chi connectivity index (χ1) is 5.27. The van der Waals surface area contributed by atoms with Gasteiger partial charge in [-0.3, -0.25) is 4.79 Å². The molecule has 2 heteroatoms. The van der Waals surface area contributed by atoms with Crippen LogP contribution in [0.3, 0.4) is 0 Å². The minimum absolute atomic E-state index is 0.254. The maximum absolute atomic E-state index is 11.1. The fourth-order valence-corrected chi connectivity index (χ4v) is 2.49. The lowest BCUT2D eigenvalue weighted by molar-refractivity contribution is -0.121. The van der Waals surface area contributed by atoms with E-state index >= 15 is 0 Å². The zero-order valence-corrected chi connectivity index (χ0v) is 6.68. The van der Waals surface area contributed by atoms with Crippen molar-refractivity contribution >= 4 is 5.78 Å². The van der Waals surface area contributed by atoms with Crippen molar-refractivity contribution in [3.8, 4) is 0 Å². The Morgan fingerprint density at radius 1 is 1.64 bits per heavy atom. The lowest BCUT2D eigenvalue weighted by Crippen LogP contribution is -2.18. The van der Waals surface area contributed by atoms with Crippen LogP contribution < -0.4 is 0 Å². The maximum Gasteiger partial charge on any atom is 0.133 e. The second-order valence-corrected chi connectivity index (χ2v) is 3.99. The van der Waals surface area contributed by atoms with Crippen LogP contribution >= 0.6 is 0 Å². The van der Waals surface area contributed by atoms with Gasteiger partial charge in [0, 0.05) is 19.4 Å². The quantitative estimate of drug-likeness (QED) is 0.647. The Morgan fingerprint density at radius 2 is 2.45 bits per heavy atom. The van der Waals surface area contributed by atoms with Gasteiger partial charge < -0.3 is 5.11 Å². The molecule has 1 N–H and O–H groups in total. The number of Topliss-reactive ketones (excluding diaryl/α,β-unsaturated/α-hetero) is 1. The summed E-state index contributed by atoms with van der Waals surface area (Å²) >= 11 is 0. The number of aliphatic hydroxyl groups excluding tert-OH is 1. The minimum atomic E-state index is 0.254. The summed E-state index contributed by atoms with van der Waals surface area (Å²) < 4.78 is 0. The molecule has 2 nitrogen and oxygen atoms in total. The van der Waals surface area contributed by atoms with Crippen LogP contribution in [-0.4, -0.2) is 17.5 Å². The van der Waals surface area contributed by atoms with E-state index in [1.165, 1.54) is 6.42 Å². The monoisotopic (exact) mass is 154 g/mol. The molecule has 62 valence electrons. The molecule has 2 fully saturated rings. The Morgan fingerprint density at radius 3 is 3.18 bits per heavy atom. The second kappa shape index (κ2) is 2.31. The predicted octanol–water partition coefficient (Wildman–Crippen LogP) is 1.13. The Labute approximate surface area is 66.6 Å². The van der Waals surface area contributed by atoms with Gasteiger partial charge in [-0.2, -0.15) is 0 Å². The van der Waals surface area contributed by atoms with Gasteiger partial charge in [0.1, 0.15) is 5.78 Å². The molecule has 2 aliphatic rings. The molecule has 0 heterocycles. The molecule has 0 amide bonds. The number of carbonyl (C=O) groups is 1. The van der Waals surface area contributed by atoms with Gasteiger partial charge >= 0.3 is 0 Å². The number of hydrogen-bond donors (Lipinski definition) is 1. The zero-order valence-electron chi connectivity index (χ0n) is 6.68. The number of ketones is 1. The van der Waals surface area contributed by atoms with Crippen LogP contribution in [0.1, 0.15) is 32.1 Å². The highest BCUT2D eigenvalue weighted by Gasteiger charge is 2.55. The van der Waals surface area contributed by atoms with E-state index in [0.29, 0.717) is 5.78 Å². The van der Waals surface area contributed by atoms with E-state index in [1.54, 1.807) is 0 Å². The van der Waals surface area contributed by atoms with Gasteiger partial charge in [-0.15, -0.1) is 0 Å². The second-order valence-electron chi connectivity index (χ2n) is 3.99. The SMILES string of the molecule is O=C1CCC2CC2(CCO)C1. The molecule has 0 radical (unpaired) electrons. The molecule has 0 aromatic rings. The minimum Gasteiger partial charge on any atom is -0.396 e. The molecule has 0 saturated heterocycles. The third kappa shape index (κ3) is 1.09. The molecular formula is C9H14O2. The first-order valence-corrected chi connectivity index (χ1v) is 4.39. The molecule has 0 aromatic carbocycles. The van der Waals surface area contributed by atoms with Crippen molar-refractivity contribution in [3.63, 3.8) is 0 Å². The Bertz CT molecular complexity index is 188. The van der Waals surface area contributed by atoms with Gasteiger partial charge in [-0.1, -0.05) is 0 Å². The summed E-state index contributed by atoms with van der Waals surface area (Å²) in [4.78, 5) is 11.1. The molecule has 2 unspecified atom stereocenters. The highest BCUT2D eigenvalue weighted by molar-refractivity contribution is 5.80. The van der Waals surface area contributed by atoms with Crippen molar-refractivity contribution in [1.82, 2.24) is 0 Å². The summed E-state index contributed by atoms with van der Waals surface area (Å²) in [5.74, 6) is 1.18. The molecule has 2 saturated carbocycles. The smallest absolute Gasteiger partial charge is 0.133 e. The Hall–Kier alpha value is -0.370. The average Bonchev–Trinajstić information content (AvgIpc) is 2.62. The zero-order chi connectivity index (χ0) is 7.90. The third-order valence-corrected chi connectivity index (χ3v) is 3.29. The summed E-state index contributed by atoms with van der Waals surface area (Å²) in [7, 11) is 0. The summed E-state index contributed by atoms with van der Waals surface area (Å²) in [5.41, 5.74) is 0.268. The lowest BCUT2D eigenvalue weighted by Gasteiger charge is -2.19. The van der Waals surface area contributed by atoms with Crippen LogP contribution in [0, 0.1) is 11.3 Å². The maximum atomic E-state index is 11.1. The van der Waals surface area contributed by atoms with Gasteiger partial charge in [0.2, 0.25) is 0 Å². The molecule has 11 heavy (non-hydrogen) atoms. The van der Waals surface area contributed by atoms with Crippen molar-refractivity contribution < 1.29 is 9.90 Å². The van der Waals surface area contributed by atoms with E-state index in [0.717, 1.165) is 31.6 Å². The fourth-order valence-electron chi connectivity index (χ4n) is 2.49. The number of rotatable bonds is 2. The molecule has 2 atom stereocenters. The number of fused-ring (bicyclic) bond motifs is 1. The van der Waals surface area contributed by atoms with Gasteiger partial charge in [0.15, 0.2) is 0 Å². The van der Waals surface area contributed by atoms with E-state index in [-0.39, 0.29) is 12.0 Å². The highest BCUT2D eigenvalue weighted by Crippen LogP contribution is 2.62. The van der Waals surface area contributed by atoms with Crippen molar-refractivity contribution in [2.75, 3.05) is 6.61 Å². The molecule has 0 aromatic heterocycles. The van der Waals surface area contributed by atoms with E-state index in [9.17, 15) is 4.79 Å². The molecule has 0 spiro atoms. The molecule has 0 aliphatic heterocycles. The van der Waals surface area contributed by atoms with E-state index in [2.05, 4.69) is 0 Å². The Balaban J connectivity index is 2.00. The van der Waals surface area contributed by atoms with Gasteiger partial charge in [-0.25, -0.2) is 0 Å². The van der Waals surface area contributed by atoms with Crippen molar-refractivity contribution in [1.29, 1.82) is 0 Å². The Kier molecular flexibility index (Phi) is 1.53. The van der Waals surface area contributed by atoms with Crippen LogP contribution in [0.2, 0.25) is 0 Å². The fraction of sp³-hybridized carbons (Fsp3) is 0.889. The van der Waals surface area contributed by atoms with Gasteiger partial charge in [0.25, 0.3) is 0 Å². The first kappa shape index (κ1) is 7.29. The van der Waals surface area contributed by atoms with Crippen LogP contribution in [0.5, 0.6) is 0 Å². The number of hydrogen-bond acceptors (Lipinski definition) is 2. The summed E-state index contributed by atoms with van der Waals surface area (Å²) in [6.45, 7) is 0.254. The average molecular weight is 154 g/mol. The number of carbonyl (C=O) groups excluding carboxylic acids is 1. The van der Waals surface area contributed by atoms with Crippen molar-refractivity contribution in [3.05, 3.63) is 0 Å². The summed E-state index contributed by atoms with van der Waals surface area (Å²) in [6.07, 6.45) is 4.66. The standard InChI is InChI=1S/C9H14O2/c10-4-3-9-5-7(9)1-2-8(11)6-9/h7,10H,1-6H2. The molecule has 0 bridgehead atoms. The third-order valence-electron chi connectivity index (χ3n) is 3.29. The molecule has 2 rings (SSSR count). The summed E-state index contributed by atoms with van der Waals surface area (Å²) in [6, 6.07) is 0. The first-order valence-electron chi connectivity index (χ1n) is 4.39. The van der Waals surface area contributed by atoms with E-state index in [1.807, 2.05) is 0 Å². The predicted molar refractivity (Wildman–Crippen MR) is 41.1 cm³/mol. The van der Waals surface area contributed by atoms with Crippen molar-refractivity contribution in [2.45, 2.75) is 32.1 Å². The highest BCUT2D eigenvalue weighted by atomic mass is 16.3. The topological polar surface area (TPSA) is 37.3 Å².